The van der Waals surface area contributed by atoms with Gasteiger partial charge in [0.15, 0.2) is 0 Å². The monoisotopic (exact) mass is 455 g/mol. The van der Waals surface area contributed by atoms with Crippen LogP contribution in [0.5, 0.6) is 0 Å². The fraction of sp³-hybridized carbons (Fsp3) is 0.333. The van der Waals surface area contributed by atoms with Crippen LogP contribution in [0.4, 0.5) is 0 Å². The Hall–Kier alpha value is -2.97. The summed E-state index contributed by atoms with van der Waals surface area (Å²) in [6, 6.07) is 15.4. The van der Waals surface area contributed by atoms with Gasteiger partial charge in [0.05, 0.1) is 4.90 Å². The Morgan fingerprint density at radius 2 is 1.81 bits per heavy atom. The molecule has 0 saturated carbocycles. The number of sulfonamides is 1. The van der Waals surface area contributed by atoms with Gasteiger partial charge in [-0.25, -0.2) is 8.42 Å². The summed E-state index contributed by atoms with van der Waals surface area (Å²) in [6.07, 6.45) is 3.46. The van der Waals surface area contributed by atoms with Crippen molar-refractivity contribution in [3.8, 4) is 0 Å². The molecule has 3 rings (SSSR count). The predicted octanol–water partition coefficient (Wildman–Crippen LogP) is 2.80. The van der Waals surface area contributed by atoms with Gasteiger partial charge in [-0.05, 0) is 48.7 Å². The Bertz CT molecular complexity index is 1050. The average molecular weight is 456 g/mol. The molecule has 1 aliphatic heterocycles. The summed E-state index contributed by atoms with van der Waals surface area (Å²) >= 11 is 0. The summed E-state index contributed by atoms with van der Waals surface area (Å²) in [7, 11) is -2.02. The van der Waals surface area contributed by atoms with Crippen molar-refractivity contribution < 1.29 is 18.0 Å². The lowest BCUT2D eigenvalue weighted by Crippen LogP contribution is -2.44. The SMILES string of the molecule is C=CC(=O)NC1CCCCN(S(=O)(=O)c2ccc(C(=O)N(C)Cc3ccccc3)cc2)C1. The van der Waals surface area contributed by atoms with E-state index in [4.69, 9.17) is 0 Å². The maximum absolute atomic E-state index is 13.2. The number of nitrogens with one attached hydrogen (secondary N) is 1. The summed E-state index contributed by atoms with van der Waals surface area (Å²) in [4.78, 5) is 26.1. The number of nitrogens with zero attached hydrogens (tertiary/aromatic N) is 2. The fourth-order valence-electron chi connectivity index (χ4n) is 3.77. The van der Waals surface area contributed by atoms with Crippen molar-refractivity contribution in [2.75, 3.05) is 20.1 Å². The lowest BCUT2D eigenvalue weighted by Gasteiger charge is -2.24. The molecule has 2 aromatic carbocycles. The van der Waals surface area contributed by atoms with Gasteiger partial charge in [0.1, 0.15) is 0 Å². The molecule has 32 heavy (non-hydrogen) atoms. The van der Waals surface area contributed by atoms with E-state index in [1.54, 1.807) is 24.1 Å². The number of carbonyl (C=O) groups is 2. The number of hydrogen-bond donors (Lipinski definition) is 1. The van der Waals surface area contributed by atoms with Crippen molar-refractivity contribution in [3.63, 3.8) is 0 Å². The minimum absolute atomic E-state index is 0.135. The second kappa shape index (κ2) is 10.6. The lowest BCUT2D eigenvalue weighted by atomic mass is 10.1. The van der Waals surface area contributed by atoms with Crippen LogP contribution in [0.1, 0.15) is 35.2 Å². The molecule has 0 radical (unpaired) electrons. The zero-order valence-corrected chi connectivity index (χ0v) is 19.1. The lowest BCUT2D eigenvalue weighted by molar-refractivity contribution is -0.117. The first-order valence-corrected chi connectivity index (χ1v) is 12.1. The minimum atomic E-state index is -3.74. The van der Waals surface area contributed by atoms with Gasteiger partial charge in [-0.15, -0.1) is 0 Å². The van der Waals surface area contributed by atoms with Crippen molar-refractivity contribution >= 4 is 21.8 Å². The maximum atomic E-state index is 13.2. The number of rotatable bonds is 7. The summed E-state index contributed by atoms with van der Waals surface area (Å²) in [5, 5.41) is 2.81. The zero-order valence-electron chi connectivity index (χ0n) is 18.2. The highest BCUT2D eigenvalue weighted by atomic mass is 32.2. The molecule has 2 amide bonds. The van der Waals surface area contributed by atoms with E-state index in [1.165, 1.54) is 22.5 Å². The molecule has 8 heteroatoms. The van der Waals surface area contributed by atoms with Crippen LogP contribution < -0.4 is 5.32 Å². The summed E-state index contributed by atoms with van der Waals surface area (Å²) < 4.78 is 27.8. The van der Waals surface area contributed by atoms with Crippen molar-refractivity contribution in [3.05, 3.63) is 78.4 Å². The van der Waals surface area contributed by atoms with Gasteiger partial charge in [-0.1, -0.05) is 43.3 Å². The van der Waals surface area contributed by atoms with Gasteiger partial charge >= 0.3 is 0 Å². The number of amides is 2. The molecular formula is C24H29N3O4S. The second-order valence-electron chi connectivity index (χ2n) is 7.94. The summed E-state index contributed by atoms with van der Waals surface area (Å²) in [6.45, 7) is 4.51. The van der Waals surface area contributed by atoms with Crippen molar-refractivity contribution in [2.45, 2.75) is 36.7 Å². The number of benzene rings is 2. The van der Waals surface area contributed by atoms with Gasteiger partial charge in [0.25, 0.3) is 5.91 Å². The quantitative estimate of drug-likeness (QED) is 0.651. The third-order valence-corrected chi connectivity index (χ3v) is 7.39. The van der Waals surface area contributed by atoms with E-state index in [2.05, 4.69) is 11.9 Å². The highest BCUT2D eigenvalue weighted by Crippen LogP contribution is 2.21. The first-order chi connectivity index (χ1) is 15.3. The average Bonchev–Trinajstić information content (AvgIpc) is 3.05. The number of hydrogen-bond acceptors (Lipinski definition) is 4. The van der Waals surface area contributed by atoms with Crippen molar-refractivity contribution in [1.82, 2.24) is 14.5 Å². The van der Waals surface area contributed by atoms with E-state index in [1.807, 2.05) is 30.3 Å². The van der Waals surface area contributed by atoms with Crippen LogP contribution in [0.2, 0.25) is 0 Å². The largest absolute Gasteiger partial charge is 0.349 e. The van der Waals surface area contributed by atoms with Gasteiger partial charge in [0, 0.05) is 38.3 Å². The zero-order chi connectivity index (χ0) is 23.1. The Kier molecular flexibility index (Phi) is 7.82. The summed E-state index contributed by atoms with van der Waals surface area (Å²) in [5.41, 5.74) is 1.44. The molecule has 7 nitrogen and oxygen atoms in total. The molecule has 2 aromatic rings. The van der Waals surface area contributed by atoms with Crippen LogP contribution in [-0.2, 0) is 21.4 Å². The number of carbonyl (C=O) groups excluding carboxylic acids is 2. The Balaban J connectivity index is 1.71. The first-order valence-electron chi connectivity index (χ1n) is 10.6. The van der Waals surface area contributed by atoms with E-state index in [0.717, 1.165) is 18.4 Å². The summed E-state index contributed by atoms with van der Waals surface area (Å²) in [5.74, 6) is -0.489. The molecule has 1 unspecified atom stereocenters. The van der Waals surface area contributed by atoms with E-state index in [9.17, 15) is 18.0 Å². The highest BCUT2D eigenvalue weighted by Gasteiger charge is 2.29. The Morgan fingerprint density at radius 1 is 1.12 bits per heavy atom. The fourth-order valence-corrected chi connectivity index (χ4v) is 5.30. The van der Waals surface area contributed by atoms with E-state index in [0.29, 0.717) is 25.1 Å². The molecule has 0 aliphatic carbocycles. The normalized spacial score (nSPS) is 17.2. The third-order valence-electron chi connectivity index (χ3n) is 5.51. The van der Waals surface area contributed by atoms with Crippen LogP contribution in [0.15, 0.2) is 72.1 Å². The van der Waals surface area contributed by atoms with E-state index >= 15 is 0 Å². The molecule has 1 fully saturated rings. The maximum Gasteiger partial charge on any atom is 0.253 e. The van der Waals surface area contributed by atoms with Crippen molar-refractivity contribution in [2.24, 2.45) is 0 Å². The van der Waals surface area contributed by atoms with Crippen LogP contribution in [0.25, 0.3) is 0 Å². The molecular weight excluding hydrogens is 426 g/mol. The highest BCUT2D eigenvalue weighted by molar-refractivity contribution is 7.89. The first kappa shape index (κ1) is 23.7. The Labute approximate surface area is 189 Å². The third kappa shape index (κ3) is 5.83. The van der Waals surface area contributed by atoms with E-state index in [-0.39, 0.29) is 29.3 Å². The van der Waals surface area contributed by atoms with Gasteiger partial charge in [-0.3, -0.25) is 9.59 Å². The molecule has 1 aliphatic rings. The minimum Gasteiger partial charge on any atom is -0.349 e. The molecule has 1 N–H and O–H groups in total. The topological polar surface area (TPSA) is 86.8 Å². The van der Waals surface area contributed by atoms with E-state index < -0.39 is 10.0 Å². The smallest absolute Gasteiger partial charge is 0.253 e. The predicted molar refractivity (Wildman–Crippen MR) is 123 cm³/mol. The molecule has 1 saturated heterocycles. The van der Waals surface area contributed by atoms with Crippen LogP contribution in [0.3, 0.4) is 0 Å². The molecule has 170 valence electrons. The molecule has 0 spiro atoms. The van der Waals surface area contributed by atoms with Crippen LogP contribution >= 0.6 is 0 Å². The van der Waals surface area contributed by atoms with Gasteiger partial charge in [-0.2, -0.15) is 4.31 Å². The second-order valence-corrected chi connectivity index (χ2v) is 9.88. The molecule has 0 bridgehead atoms. The van der Waals surface area contributed by atoms with Crippen molar-refractivity contribution in [1.29, 1.82) is 0 Å². The Morgan fingerprint density at radius 3 is 2.47 bits per heavy atom. The molecule has 0 aromatic heterocycles. The molecule has 1 atom stereocenters. The van der Waals surface area contributed by atoms with Crippen LogP contribution in [-0.4, -0.2) is 55.6 Å². The van der Waals surface area contributed by atoms with Gasteiger partial charge < -0.3 is 10.2 Å². The standard InChI is InChI=1S/C24H29N3O4S/c1-3-23(28)25-21-11-7-8-16-27(18-21)32(30,31)22-14-12-20(13-15-22)24(29)26(2)17-19-9-5-4-6-10-19/h3-6,9-10,12-15,21H,1,7-8,11,16-18H2,2H3,(H,25,28). The molecule has 1 heterocycles. The van der Waals surface area contributed by atoms with Gasteiger partial charge in [0.2, 0.25) is 15.9 Å². The van der Waals surface area contributed by atoms with Crippen LogP contribution in [0, 0.1) is 0 Å².